The van der Waals surface area contributed by atoms with Crippen LogP contribution in [0.15, 0.2) is 12.4 Å². The van der Waals surface area contributed by atoms with E-state index in [1.54, 1.807) is 6.20 Å². The normalized spacial score (nSPS) is 12.2. The van der Waals surface area contributed by atoms with Crippen LogP contribution in [0.1, 0.15) is 35.9 Å². The van der Waals surface area contributed by atoms with Crippen LogP contribution in [0.3, 0.4) is 0 Å². The fourth-order valence-corrected chi connectivity index (χ4v) is 1.34. The van der Waals surface area contributed by atoms with E-state index in [0.29, 0.717) is 12.2 Å². The molecule has 1 rings (SSSR count). The molecule has 1 amide bonds. The number of nitrogens with one attached hydrogen (secondary N) is 1. The predicted molar refractivity (Wildman–Crippen MR) is 64.6 cm³/mol. The Hall–Kier alpha value is -1.49. The number of hydrogen-bond acceptors (Lipinski definition) is 4. The van der Waals surface area contributed by atoms with Crippen molar-refractivity contribution in [1.29, 1.82) is 0 Å². The summed E-state index contributed by atoms with van der Waals surface area (Å²) in [5.74, 6) is 0.0835. The van der Waals surface area contributed by atoms with Crippen molar-refractivity contribution in [2.24, 2.45) is 5.92 Å². The maximum atomic E-state index is 11.6. The number of aliphatic hydroxyl groups is 1. The lowest BCUT2D eigenvalue weighted by Gasteiger charge is -2.08. The zero-order valence-electron chi connectivity index (χ0n) is 10.3. The molecule has 0 aliphatic heterocycles. The zero-order chi connectivity index (χ0) is 12.7. The highest BCUT2D eigenvalue weighted by Gasteiger charge is 2.06. The number of amides is 1. The van der Waals surface area contributed by atoms with Crippen molar-refractivity contribution in [2.75, 3.05) is 13.2 Å². The van der Waals surface area contributed by atoms with Crippen LogP contribution in [0.25, 0.3) is 0 Å². The van der Waals surface area contributed by atoms with E-state index in [2.05, 4.69) is 15.3 Å². The second kappa shape index (κ2) is 6.96. The van der Waals surface area contributed by atoms with E-state index in [-0.39, 0.29) is 18.4 Å². The van der Waals surface area contributed by atoms with Crippen molar-refractivity contribution >= 4 is 5.91 Å². The summed E-state index contributed by atoms with van der Waals surface area (Å²) in [6.07, 6.45) is 4.80. The van der Waals surface area contributed by atoms with Crippen LogP contribution in [0.4, 0.5) is 0 Å². The van der Waals surface area contributed by atoms with Crippen LogP contribution in [0.5, 0.6) is 0 Å². The summed E-state index contributed by atoms with van der Waals surface area (Å²) in [5.41, 5.74) is 1.13. The number of carbonyl (C=O) groups is 1. The van der Waals surface area contributed by atoms with Gasteiger partial charge in [0, 0.05) is 19.3 Å². The molecule has 5 heteroatoms. The highest BCUT2D eigenvalue weighted by atomic mass is 16.3. The SMILES string of the molecule is Cc1cnc(C(=O)NCCCC(C)CO)cn1. The molecule has 0 saturated carbocycles. The first-order valence-electron chi connectivity index (χ1n) is 5.81. The fraction of sp³-hybridized carbons (Fsp3) is 0.583. The zero-order valence-corrected chi connectivity index (χ0v) is 10.3. The van der Waals surface area contributed by atoms with Crippen molar-refractivity contribution in [2.45, 2.75) is 26.7 Å². The van der Waals surface area contributed by atoms with E-state index >= 15 is 0 Å². The second-order valence-electron chi connectivity index (χ2n) is 4.23. The maximum absolute atomic E-state index is 11.6. The fourth-order valence-electron chi connectivity index (χ4n) is 1.34. The van der Waals surface area contributed by atoms with Crippen LogP contribution >= 0.6 is 0 Å². The topological polar surface area (TPSA) is 75.1 Å². The molecule has 1 aromatic rings. The molecule has 0 radical (unpaired) electrons. The van der Waals surface area contributed by atoms with Gasteiger partial charge in [-0.15, -0.1) is 0 Å². The van der Waals surface area contributed by atoms with Crippen LogP contribution in [0, 0.1) is 12.8 Å². The molecule has 0 fully saturated rings. The van der Waals surface area contributed by atoms with Crippen molar-refractivity contribution in [3.05, 3.63) is 23.8 Å². The summed E-state index contributed by atoms with van der Waals surface area (Å²) in [5, 5.41) is 11.6. The first-order chi connectivity index (χ1) is 8.13. The molecule has 0 aliphatic rings. The number of nitrogens with zero attached hydrogens (tertiary/aromatic N) is 2. The lowest BCUT2D eigenvalue weighted by Crippen LogP contribution is -2.26. The Morgan fingerprint density at radius 3 is 2.82 bits per heavy atom. The number of carbonyl (C=O) groups excluding carboxylic acids is 1. The summed E-state index contributed by atoms with van der Waals surface area (Å²) < 4.78 is 0. The van der Waals surface area contributed by atoms with Gasteiger partial charge in [0.1, 0.15) is 5.69 Å². The van der Waals surface area contributed by atoms with Gasteiger partial charge in [-0.05, 0) is 25.7 Å². The first-order valence-corrected chi connectivity index (χ1v) is 5.81. The highest BCUT2D eigenvalue weighted by molar-refractivity contribution is 5.91. The third-order valence-corrected chi connectivity index (χ3v) is 2.48. The number of aryl methyl sites for hydroxylation is 1. The molecule has 0 saturated heterocycles. The molecule has 1 atom stereocenters. The Morgan fingerprint density at radius 1 is 1.47 bits per heavy atom. The smallest absolute Gasteiger partial charge is 0.271 e. The molecule has 0 bridgehead atoms. The molecule has 2 N–H and O–H groups in total. The number of aliphatic hydroxyl groups excluding tert-OH is 1. The monoisotopic (exact) mass is 237 g/mol. The van der Waals surface area contributed by atoms with Crippen LogP contribution in [-0.2, 0) is 0 Å². The van der Waals surface area contributed by atoms with Gasteiger partial charge in [-0.1, -0.05) is 6.92 Å². The van der Waals surface area contributed by atoms with Crippen LogP contribution in [-0.4, -0.2) is 34.1 Å². The number of hydrogen-bond donors (Lipinski definition) is 2. The minimum absolute atomic E-state index is 0.192. The minimum atomic E-state index is -0.200. The standard InChI is InChI=1S/C12H19N3O2/c1-9(8-16)4-3-5-13-12(17)11-7-14-10(2)6-15-11/h6-7,9,16H,3-5,8H2,1-2H3,(H,13,17). The summed E-state index contributed by atoms with van der Waals surface area (Å²) >= 11 is 0. The van der Waals surface area contributed by atoms with Gasteiger partial charge in [0.25, 0.3) is 5.91 Å². The third kappa shape index (κ3) is 4.91. The molecular weight excluding hydrogens is 218 g/mol. The van der Waals surface area contributed by atoms with E-state index < -0.39 is 0 Å². The van der Waals surface area contributed by atoms with E-state index in [0.717, 1.165) is 18.5 Å². The molecular formula is C12H19N3O2. The van der Waals surface area contributed by atoms with Gasteiger partial charge in [-0.3, -0.25) is 9.78 Å². The molecule has 0 spiro atoms. The van der Waals surface area contributed by atoms with E-state index in [1.807, 2.05) is 13.8 Å². The van der Waals surface area contributed by atoms with E-state index in [9.17, 15) is 4.79 Å². The van der Waals surface area contributed by atoms with Gasteiger partial charge >= 0.3 is 0 Å². The van der Waals surface area contributed by atoms with Gasteiger partial charge in [0.15, 0.2) is 0 Å². The lowest BCUT2D eigenvalue weighted by molar-refractivity contribution is 0.0946. The Labute approximate surface area is 101 Å². The number of aromatic nitrogens is 2. The largest absolute Gasteiger partial charge is 0.396 e. The van der Waals surface area contributed by atoms with Gasteiger partial charge in [0.05, 0.1) is 11.9 Å². The molecule has 1 heterocycles. The van der Waals surface area contributed by atoms with Crippen molar-refractivity contribution in [1.82, 2.24) is 15.3 Å². The van der Waals surface area contributed by atoms with E-state index in [4.69, 9.17) is 5.11 Å². The molecule has 0 aliphatic carbocycles. The van der Waals surface area contributed by atoms with Gasteiger partial charge in [-0.2, -0.15) is 0 Å². The summed E-state index contributed by atoms with van der Waals surface area (Å²) in [4.78, 5) is 19.6. The maximum Gasteiger partial charge on any atom is 0.271 e. The average Bonchev–Trinajstić information content (AvgIpc) is 2.34. The Kier molecular flexibility index (Phi) is 5.56. The molecule has 1 aromatic heterocycles. The van der Waals surface area contributed by atoms with E-state index in [1.165, 1.54) is 6.20 Å². The number of rotatable bonds is 6. The second-order valence-corrected chi connectivity index (χ2v) is 4.23. The summed E-state index contributed by atoms with van der Waals surface area (Å²) in [7, 11) is 0. The van der Waals surface area contributed by atoms with Crippen molar-refractivity contribution in [3.63, 3.8) is 0 Å². The average molecular weight is 237 g/mol. The van der Waals surface area contributed by atoms with Gasteiger partial charge in [-0.25, -0.2) is 4.98 Å². The Bertz CT molecular complexity index is 351. The van der Waals surface area contributed by atoms with Crippen molar-refractivity contribution < 1.29 is 9.90 Å². The van der Waals surface area contributed by atoms with Crippen molar-refractivity contribution in [3.8, 4) is 0 Å². The van der Waals surface area contributed by atoms with Gasteiger partial charge in [0.2, 0.25) is 0 Å². The Balaban J connectivity index is 2.28. The lowest BCUT2D eigenvalue weighted by atomic mass is 10.1. The predicted octanol–water partition coefficient (Wildman–Crippen LogP) is 0.923. The first kappa shape index (κ1) is 13.6. The summed E-state index contributed by atoms with van der Waals surface area (Å²) in [6.45, 7) is 4.59. The van der Waals surface area contributed by atoms with Crippen LogP contribution < -0.4 is 5.32 Å². The molecule has 94 valence electrons. The summed E-state index contributed by atoms with van der Waals surface area (Å²) in [6, 6.07) is 0. The molecule has 1 unspecified atom stereocenters. The minimum Gasteiger partial charge on any atom is -0.396 e. The van der Waals surface area contributed by atoms with Crippen LogP contribution in [0.2, 0.25) is 0 Å². The van der Waals surface area contributed by atoms with Gasteiger partial charge < -0.3 is 10.4 Å². The molecule has 5 nitrogen and oxygen atoms in total. The highest BCUT2D eigenvalue weighted by Crippen LogP contribution is 2.02. The quantitative estimate of drug-likeness (QED) is 0.721. The Morgan fingerprint density at radius 2 is 2.24 bits per heavy atom. The third-order valence-electron chi connectivity index (χ3n) is 2.48. The molecule has 17 heavy (non-hydrogen) atoms. The molecule has 0 aromatic carbocycles.